The number of fused-ring (bicyclic) bond motifs is 2. The zero-order chi connectivity index (χ0) is 16.7. The number of hydrogen-bond acceptors (Lipinski definition) is 3. The van der Waals surface area contributed by atoms with Crippen LogP contribution in [0.5, 0.6) is 0 Å². The molecule has 2 aliphatic rings. The summed E-state index contributed by atoms with van der Waals surface area (Å²) >= 11 is 0. The van der Waals surface area contributed by atoms with E-state index >= 15 is 0 Å². The van der Waals surface area contributed by atoms with Gasteiger partial charge in [-0.25, -0.2) is 0 Å². The largest absolute Gasteiger partial charge is 0.464 e. The van der Waals surface area contributed by atoms with Crippen LogP contribution in [0.15, 0.2) is 22.8 Å². The maximum absolute atomic E-state index is 12.8. The summed E-state index contributed by atoms with van der Waals surface area (Å²) < 4.78 is 5.73. The Morgan fingerprint density at radius 3 is 2.92 bits per heavy atom. The van der Waals surface area contributed by atoms with Crippen LogP contribution in [0.3, 0.4) is 0 Å². The van der Waals surface area contributed by atoms with Crippen LogP contribution in [0, 0.1) is 5.92 Å². The average molecular weight is 326 g/mol. The first-order valence-electron chi connectivity index (χ1n) is 9.17. The Kier molecular flexibility index (Phi) is 4.09. The minimum Gasteiger partial charge on any atom is -0.464 e. The van der Waals surface area contributed by atoms with Crippen LogP contribution in [0.1, 0.15) is 42.9 Å². The van der Waals surface area contributed by atoms with Crippen molar-refractivity contribution in [2.75, 3.05) is 13.1 Å². The second-order valence-electron chi connectivity index (χ2n) is 7.51. The maximum Gasteiger partial charge on any atom is 0.227 e. The Morgan fingerprint density at radius 1 is 1.33 bits per heavy atom. The van der Waals surface area contributed by atoms with Crippen molar-refractivity contribution in [3.63, 3.8) is 0 Å². The number of carbonyl (C=O) groups excluding carboxylic acids is 1. The van der Waals surface area contributed by atoms with Crippen molar-refractivity contribution in [2.24, 2.45) is 11.7 Å². The summed E-state index contributed by atoms with van der Waals surface area (Å²) in [5, 5.41) is 1.12. The van der Waals surface area contributed by atoms with E-state index in [9.17, 15) is 4.79 Å². The standard InChI is InChI=1S/C20H26N2O2/c1-13(21)16-6-3-7-22(11-16)20(23)10-17-12-24-19-9-15-5-2-4-14(15)8-18(17)19/h8-9,12-13,16H,2-7,10-11,21H2,1H3. The van der Waals surface area contributed by atoms with E-state index in [4.69, 9.17) is 10.2 Å². The number of nitrogens with two attached hydrogens (primary N) is 1. The van der Waals surface area contributed by atoms with E-state index in [0.717, 1.165) is 55.3 Å². The fourth-order valence-electron chi connectivity index (χ4n) is 4.23. The van der Waals surface area contributed by atoms with Gasteiger partial charge in [-0.05, 0) is 68.2 Å². The quantitative estimate of drug-likeness (QED) is 0.943. The number of benzene rings is 1. The van der Waals surface area contributed by atoms with E-state index in [1.165, 1.54) is 17.5 Å². The molecule has 1 aromatic carbocycles. The minimum absolute atomic E-state index is 0.151. The Morgan fingerprint density at radius 2 is 2.12 bits per heavy atom. The van der Waals surface area contributed by atoms with E-state index < -0.39 is 0 Å². The van der Waals surface area contributed by atoms with E-state index in [1.807, 2.05) is 11.8 Å². The van der Waals surface area contributed by atoms with Gasteiger partial charge in [0.15, 0.2) is 0 Å². The van der Waals surface area contributed by atoms with Crippen LogP contribution in [-0.2, 0) is 24.1 Å². The number of aryl methyl sites for hydroxylation is 2. The summed E-state index contributed by atoms with van der Waals surface area (Å²) in [7, 11) is 0. The monoisotopic (exact) mass is 326 g/mol. The zero-order valence-electron chi connectivity index (χ0n) is 14.4. The Bertz CT molecular complexity index is 762. The summed E-state index contributed by atoms with van der Waals surface area (Å²) in [6.07, 6.45) is 7.89. The molecule has 24 heavy (non-hydrogen) atoms. The van der Waals surface area contributed by atoms with Crippen LogP contribution in [-0.4, -0.2) is 29.9 Å². The lowest BCUT2D eigenvalue weighted by Crippen LogP contribution is -2.45. The Hall–Kier alpha value is -1.81. The predicted octanol–water partition coefficient (Wildman–Crippen LogP) is 3.05. The lowest BCUT2D eigenvalue weighted by atomic mass is 9.92. The molecule has 2 N–H and O–H groups in total. The number of furan rings is 1. The number of amides is 1. The molecule has 1 aromatic heterocycles. The van der Waals surface area contributed by atoms with Gasteiger partial charge < -0.3 is 15.1 Å². The number of carbonyl (C=O) groups is 1. The fourth-order valence-corrected chi connectivity index (χ4v) is 4.23. The SMILES string of the molecule is CC(N)C1CCCN(C(=O)Cc2coc3cc4c(cc23)CCC4)C1. The fraction of sp³-hybridized carbons (Fsp3) is 0.550. The number of likely N-dealkylation sites (tertiary alicyclic amines) is 1. The number of hydrogen-bond donors (Lipinski definition) is 1. The van der Waals surface area contributed by atoms with Crippen LogP contribution in [0.2, 0.25) is 0 Å². The molecule has 0 bridgehead atoms. The summed E-state index contributed by atoms with van der Waals surface area (Å²) in [6, 6.07) is 4.56. The first kappa shape index (κ1) is 15.7. The summed E-state index contributed by atoms with van der Waals surface area (Å²) in [5.41, 5.74) is 10.8. The molecule has 1 saturated heterocycles. The molecule has 2 atom stereocenters. The van der Waals surface area contributed by atoms with Gasteiger partial charge >= 0.3 is 0 Å². The highest BCUT2D eigenvalue weighted by Gasteiger charge is 2.26. The lowest BCUT2D eigenvalue weighted by Gasteiger charge is -2.34. The molecule has 1 fully saturated rings. The van der Waals surface area contributed by atoms with Gasteiger partial charge in [0.1, 0.15) is 5.58 Å². The minimum atomic E-state index is 0.151. The molecular weight excluding hydrogens is 300 g/mol. The smallest absolute Gasteiger partial charge is 0.227 e. The van der Waals surface area contributed by atoms with Crippen LogP contribution in [0.25, 0.3) is 11.0 Å². The second kappa shape index (κ2) is 6.25. The average Bonchev–Trinajstić information content (AvgIpc) is 3.19. The highest BCUT2D eigenvalue weighted by atomic mass is 16.3. The molecule has 4 nitrogen and oxygen atoms in total. The molecule has 0 radical (unpaired) electrons. The first-order valence-corrected chi connectivity index (χ1v) is 9.17. The third kappa shape index (κ3) is 2.84. The van der Waals surface area contributed by atoms with Crippen LogP contribution < -0.4 is 5.73 Å². The summed E-state index contributed by atoms with van der Waals surface area (Å²) in [4.78, 5) is 14.7. The van der Waals surface area contributed by atoms with Gasteiger partial charge in [0.25, 0.3) is 0 Å². The van der Waals surface area contributed by atoms with Crippen LogP contribution in [0.4, 0.5) is 0 Å². The van der Waals surface area contributed by atoms with E-state index in [2.05, 4.69) is 12.1 Å². The van der Waals surface area contributed by atoms with Crippen molar-refractivity contribution in [1.82, 2.24) is 4.90 Å². The molecule has 2 unspecified atom stereocenters. The topological polar surface area (TPSA) is 59.5 Å². The van der Waals surface area contributed by atoms with Crippen molar-refractivity contribution in [3.8, 4) is 0 Å². The Balaban J connectivity index is 1.52. The van der Waals surface area contributed by atoms with Gasteiger partial charge in [0.05, 0.1) is 12.7 Å². The zero-order valence-corrected chi connectivity index (χ0v) is 14.4. The van der Waals surface area contributed by atoms with E-state index in [-0.39, 0.29) is 11.9 Å². The highest BCUT2D eigenvalue weighted by Crippen LogP contribution is 2.31. The van der Waals surface area contributed by atoms with E-state index in [1.54, 1.807) is 6.26 Å². The maximum atomic E-state index is 12.8. The molecule has 0 spiro atoms. The normalized spacial score (nSPS) is 21.9. The molecule has 1 amide bonds. The van der Waals surface area contributed by atoms with Crippen molar-refractivity contribution in [3.05, 3.63) is 35.1 Å². The second-order valence-corrected chi connectivity index (χ2v) is 7.51. The molecule has 1 aliphatic carbocycles. The van der Waals surface area contributed by atoms with Gasteiger partial charge in [-0.15, -0.1) is 0 Å². The van der Waals surface area contributed by atoms with Crippen LogP contribution >= 0.6 is 0 Å². The Labute approximate surface area is 143 Å². The molecular formula is C20H26N2O2. The van der Waals surface area contributed by atoms with Gasteiger partial charge in [-0.2, -0.15) is 0 Å². The van der Waals surface area contributed by atoms with Gasteiger partial charge in [0, 0.05) is 30.1 Å². The first-order chi connectivity index (χ1) is 11.6. The summed E-state index contributed by atoms with van der Waals surface area (Å²) in [6.45, 7) is 3.69. The molecule has 4 rings (SSSR count). The molecule has 128 valence electrons. The third-order valence-electron chi connectivity index (χ3n) is 5.76. The molecule has 0 saturated carbocycles. The molecule has 1 aliphatic heterocycles. The van der Waals surface area contributed by atoms with Crippen molar-refractivity contribution < 1.29 is 9.21 Å². The third-order valence-corrected chi connectivity index (χ3v) is 5.76. The van der Waals surface area contributed by atoms with Crippen molar-refractivity contribution in [1.29, 1.82) is 0 Å². The molecule has 4 heteroatoms. The molecule has 2 aromatic rings. The van der Waals surface area contributed by atoms with E-state index in [0.29, 0.717) is 12.3 Å². The lowest BCUT2D eigenvalue weighted by molar-refractivity contribution is -0.132. The summed E-state index contributed by atoms with van der Waals surface area (Å²) in [5.74, 6) is 0.621. The number of piperidine rings is 1. The predicted molar refractivity (Wildman–Crippen MR) is 94.9 cm³/mol. The number of nitrogens with zero attached hydrogens (tertiary/aromatic N) is 1. The van der Waals surface area contributed by atoms with Gasteiger partial charge in [-0.1, -0.05) is 0 Å². The number of rotatable bonds is 3. The van der Waals surface area contributed by atoms with Crippen molar-refractivity contribution in [2.45, 2.75) is 51.5 Å². The molecule has 2 heterocycles. The van der Waals surface area contributed by atoms with Gasteiger partial charge in [-0.3, -0.25) is 4.79 Å². The van der Waals surface area contributed by atoms with Crippen molar-refractivity contribution >= 4 is 16.9 Å². The van der Waals surface area contributed by atoms with Gasteiger partial charge in [0.2, 0.25) is 5.91 Å². The highest BCUT2D eigenvalue weighted by molar-refractivity contribution is 5.88.